The summed E-state index contributed by atoms with van der Waals surface area (Å²) >= 11 is 9.30. The van der Waals surface area contributed by atoms with E-state index in [0.29, 0.717) is 10.2 Å². The Balaban J connectivity index is -0.000000720. The summed E-state index contributed by atoms with van der Waals surface area (Å²) < 4.78 is 0. The molecule has 0 saturated heterocycles. The van der Waals surface area contributed by atoms with Gasteiger partial charge in [-0.2, -0.15) is 0 Å². The van der Waals surface area contributed by atoms with Crippen molar-refractivity contribution in [1.82, 2.24) is 10.6 Å². The highest BCUT2D eigenvalue weighted by Crippen LogP contribution is 1.91. The van der Waals surface area contributed by atoms with Gasteiger partial charge in [0.15, 0.2) is 10.2 Å². The molecule has 0 atom stereocenters. The molecule has 0 aliphatic rings. The lowest BCUT2D eigenvalue weighted by Gasteiger charge is -2.04. The minimum atomic E-state index is 0. The summed E-state index contributed by atoms with van der Waals surface area (Å²) in [6, 6.07) is 0. The molecule has 0 bridgehead atoms. The van der Waals surface area contributed by atoms with Gasteiger partial charge in [-0.3, -0.25) is 0 Å². The van der Waals surface area contributed by atoms with Crippen LogP contribution in [0.25, 0.3) is 0 Å². The lowest BCUT2D eigenvalue weighted by Crippen LogP contribution is -2.30. The van der Waals surface area contributed by atoms with Gasteiger partial charge in [-0.25, -0.2) is 0 Å². The molecule has 0 radical (unpaired) electrons. The molecule has 0 saturated carbocycles. The van der Waals surface area contributed by atoms with Crippen LogP contribution < -0.4 is 22.1 Å². The molecule has 0 aromatic heterocycles. The second-order valence-corrected chi connectivity index (χ2v) is 3.52. The van der Waals surface area contributed by atoms with E-state index in [1.54, 1.807) is 0 Å². The van der Waals surface area contributed by atoms with Gasteiger partial charge >= 0.3 is 0 Å². The van der Waals surface area contributed by atoms with Crippen molar-refractivity contribution in [2.45, 2.75) is 19.3 Å². The van der Waals surface area contributed by atoms with Crippen molar-refractivity contribution in [2.24, 2.45) is 11.5 Å². The Morgan fingerprint density at radius 1 is 0.800 bits per heavy atom. The Hall–Kier alpha value is 0.340. The number of unbranched alkanes of at least 4 members (excludes halogenated alkanes) is 2. The number of halogens is 2. The van der Waals surface area contributed by atoms with Crippen LogP contribution in [0, 0.1) is 0 Å². The molecule has 0 unspecified atom stereocenters. The highest BCUT2D eigenvalue weighted by atomic mass is 79.9. The molecule has 0 rings (SSSR count). The molecule has 0 aliphatic heterocycles. The van der Waals surface area contributed by atoms with Gasteiger partial charge in [-0.1, -0.05) is 0 Å². The third-order valence-electron chi connectivity index (χ3n) is 1.45. The van der Waals surface area contributed by atoms with Crippen LogP contribution in [0.4, 0.5) is 0 Å². The maximum absolute atomic E-state index is 5.25. The lowest BCUT2D eigenvalue weighted by molar-refractivity contribution is 0.653. The first-order valence-electron chi connectivity index (χ1n) is 4.19. The molecule has 0 amide bonds. The Morgan fingerprint density at radius 2 is 1.13 bits per heavy atom. The van der Waals surface area contributed by atoms with Gasteiger partial charge in [0.2, 0.25) is 0 Å². The minimum Gasteiger partial charge on any atom is -0.376 e. The second-order valence-electron chi connectivity index (χ2n) is 2.64. The maximum atomic E-state index is 5.25. The molecule has 4 nitrogen and oxygen atoms in total. The summed E-state index contributed by atoms with van der Waals surface area (Å²) in [5.41, 5.74) is 10.5. The molecule has 15 heavy (non-hydrogen) atoms. The number of nitrogens with two attached hydrogens (primary N) is 2. The van der Waals surface area contributed by atoms with E-state index in [0.717, 1.165) is 32.4 Å². The molecule has 92 valence electrons. The first-order chi connectivity index (χ1) is 6.13. The Kier molecular flexibility index (Phi) is 19.8. The quantitative estimate of drug-likeness (QED) is 0.406. The predicted molar refractivity (Wildman–Crippen MR) is 84.1 cm³/mol. The summed E-state index contributed by atoms with van der Waals surface area (Å²) in [4.78, 5) is 0. The van der Waals surface area contributed by atoms with Crippen molar-refractivity contribution in [1.29, 1.82) is 0 Å². The van der Waals surface area contributed by atoms with Crippen LogP contribution in [0.15, 0.2) is 0 Å². The second kappa shape index (κ2) is 14.3. The first-order valence-corrected chi connectivity index (χ1v) is 5.01. The molecule has 0 aromatic carbocycles. The zero-order valence-electron chi connectivity index (χ0n) is 8.32. The normalized spacial score (nSPS) is 8.00. The van der Waals surface area contributed by atoms with Crippen LogP contribution in [0.3, 0.4) is 0 Å². The monoisotopic (exact) mass is 380 g/mol. The van der Waals surface area contributed by atoms with Crippen LogP contribution in [0.2, 0.25) is 0 Å². The highest BCUT2D eigenvalue weighted by molar-refractivity contribution is 8.93. The molecule has 0 heterocycles. The van der Waals surface area contributed by atoms with Crippen molar-refractivity contribution >= 4 is 68.6 Å². The van der Waals surface area contributed by atoms with Crippen molar-refractivity contribution in [3.05, 3.63) is 0 Å². The van der Waals surface area contributed by atoms with Crippen LogP contribution in [-0.2, 0) is 0 Å². The molecule has 0 spiro atoms. The standard InChI is InChI=1S/C7H16N4S2.2BrH/c8-6(12)10-4-2-1-3-5-11-7(9)13;;/h1-5H2,(H3,8,10,12)(H3,9,11,13);2*1H. The summed E-state index contributed by atoms with van der Waals surface area (Å²) in [7, 11) is 0. The molecular formula is C7H18Br2N4S2. The molecule has 0 aliphatic carbocycles. The average Bonchev–Trinajstić information content (AvgIpc) is 2.01. The molecule has 0 fully saturated rings. The molecule has 6 N–H and O–H groups in total. The Morgan fingerprint density at radius 3 is 1.40 bits per heavy atom. The van der Waals surface area contributed by atoms with Gasteiger partial charge in [0.25, 0.3) is 0 Å². The van der Waals surface area contributed by atoms with E-state index in [2.05, 4.69) is 35.1 Å². The first kappa shape index (κ1) is 20.7. The van der Waals surface area contributed by atoms with Gasteiger partial charge < -0.3 is 22.1 Å². The fraction of sp³-hybridized carbons (Fsp3) is 0.714. The SMILES string of the molecule is Br.Br.NC(=S)NCCCCCNC(N)=S. The van der Waals surface area contributed by atoms with Crippen molar-refractivity contribution < 1.29 is 0 Å². The van der Waals surface area contributed by atoms with Crippen molar-refractivity contribution in [3.8, 4) is 0 Å². The fourth-order valence-electron chi connectivity index (χ4n) is 0.850. The van der Waals surface area contributed by atoms with Gasteiger partial charge in [-0.15, -0.1) is 34.0 Å². The summed E-state index contributed by atoms with van der Waals surface area (Å²) in [5.74, 6) is 0. The van der Waals surface area contributed by atoms with Crippen LogP contribution >= 0.6 is 58.4 Å². The van der Waals surface area contributed by atoms with E-state index in [1.165, 1.54) is 0 Å². The fourth-order valence-corrected chi connectivity index (χ4v) is 1.05. The lowest BCUT2D eigenvalue weighted by atomic mass is 10.2. The van der Waals surface area contributed by atoms with Gasteiger partial charge in [0.1, 0.15) is 0 Å². The molecule has 0 aromatic rings. The van der Waals surface area contributed by atoms with Gasteiger partial charge in [0, 0.05) is 13.1 Å². The number of nitrogens with one attached hydrogen (secondary N) is 2. The van der Waals surface area contributed by atoms with Crippen LogP contribution in [0.5, 0.6) is 0 Å². The topological polar surface area (TPSA) is 76.1 Å². The number of rotatable bonds is 6. The zero-order valence-corrected chi connectivity index (χ0v) is 13.4. The van der Waals surface area contributed by atoms with Crippen molar-refractivity contribution in [3.63, 3.8) is 0 Å². The zero-order chi connectivity index (χ0) is 10.1. The number of hydrogen-bond acceptors (Lipinski definition) is 2. The largest absolute Gasteiger partial charge is 0.376 e. The Bertz CT molecular complexity index is 162. The maximum Gasteiger partial charge on any atom is 0.163 e. The van der Waals surface area contributed by atoms with E-state index < -0.39 is 0 Å². The molecule has 8 heteroatoms. The van der Waals surface area contributed by atoms with E-state index in [1.807, 2.05) is 0 Å². The number of hydrogen-bond donors (Lipinski definition) is 4. The van der Waals surface area contributed by atoms with E-state index >= 15 is 0 Å². The highest BCUT2D eigenvalue weighted by Gasteiger charge is 1.90. The summed E-state index contributed by atoms with van der Waals surface area (Å²) in [5, 5.41) is 6.49. The Labute approximate surface area is 122 Å². The van der Waals surface area contributed by atoms with Crippen molar-refractivity contribution in [2.75, 3.05) is 13.1 Å². The third kappa shape index (κ3) is 20.4. The predicted octanol–water partition coefficient (Wildman–Crippen LogP) is 0.979. The summed E-state index contributed by atoms with van der Waals surface area (Å²) in [6.45, 7) is 1.67. The van der Waals surface area contributed by atoms with Gasteiger partial charge in [-0.05, 0) is 43.7 Å². The number of thiocarbonyl (C=S) groups is 2. The third-order valence-corrected chi connectivity index (χ3v) is 1.74. The van der Waals surface area contributed by atoms with Crippen LogP contribution in [-0.4, -0.2) is 23.3 Å². The smallest absolute Gasteiger partial charge is 0.163 e. The summed E-state index contributed by atoms with van der Waals surface area (Å²) in [6.07, 6.45) is 3.21. The molecular weight excluding hydrogens is 364 g/mol. The van der Waals surface area contributed by atoms with E-state index in [4.69, 9.17) is 11.5 Å². The van der Waals surface area contributed by atoms with Gasteiger partial charge in [0.05, 0.1) is 0 Å². The van der Waals surface area contributed by atoms with Crippen LogP contribution in [0.1, 0.15) is 19.3 Å². The van der Waals surface area contributed by atoms with E-state index in [9.17, 15) is 0 Å². The average molecular weight is 382 g/mol. The van der Waals surface area contributed by atoms with E-state index in [-0.39, 0.29) is 34.0 Å². The minimum absolute atomic E-state index is 0.